The number of amides is 2. The van der Waals surface area contributed by atoms with E-state index in [9.17, 15) is 9.59 Å². The molecule has 2 N–H and O–H groups in total. The fraction of sp³-hybridized carbons (Fsp3) is 0.400. The smallest absolute Gasteiger partial charge is 0.274 e. The third-order valence-corrected chi connectivity index (χ3v) is 8.37. The van der Waals surface area contributed by atoms with Crippen molar-refractivity contribution in [3.8, 4) is 17.0 Å². The van der Waals surface area contributed by atoms with Crippen LogP contribution in [0.25, 0.3) is 11.3 Å². The van der Waals surface area contributed by atoms with Gasteiger partial charge in [0.25, 0.3) is 5.91 Å². The van der Waals surface area contributed by atoms with E-state index in [0.29, 0.717) is 47.8 Å². The number of benzene rings is 1. The predicted octanol–water partition coefficient (Wildman–Crippen LogP) is 3.93. The van der Waals surface area contributed by atoms with Crippen molar-refractivity contribution in [3.63, 3.8) is 0 Å². The lowest BCUT2D eigenvalue weighted by molar-refractivity contribution is -0.134. The summed E-state index contributed by atoms with van der Waals surface area (Å²) in [6.45, 7) is 11.8. The second-order valence-electron chi connectivity index (χ2n) is 11.7. The van der Waals surface area contributed by atoms with Crippen molar-refractivity contribution in [2.75, 3.05) is 30.3 Å². The molecule has 2 amide bonds. The molecular weight excluding hydrogens is 511 g/mol. The first kappa shape index (κ1) is 26.0. The zero-order valence-electron chi connectivity index (χ0n) is 23.0. The maximum absolute atomic E-state index is 15.2. The summed E-state index contributed by atoms with van der Waals surface area (Å²) in [5.41, 5.74) is 11.5. The van der Waals surface area contributed by atoms with Crippen LogP contribution < -0.4 is 15.4 Å². The molecule has 6 rings (SSSR count). The predicted molar refractivity (Wildman–Crippen MR) is 150 cm³/mol. The Morgan fingerprint density at radius 2 is 2.02 bits per heavy atom. The van der Waals surface area contributed by atoms with Gasteiger partial charge in [0, 0.05) is 30.9 Å². The van der Waals surface area contributed by atoms with E-state index in [0.717, 1.165) is 19.3 Å². The van der Waals surface area contributed by atoms with Crippen LogP contribution in [0.4, 0.5) is 15.9 Å². The van der Waals surface area contributed by atoms with Gasteiger partial charge in [0.1, 0.15) is 30.1 Å². The van der Waals surface area contributed by atoms with Crippen LogP contribution in [0, 0.1) is 18.2 Å². The summed E-state index contributed by atoms with van der Waals surface area (Å²) in [7, 11) is 0. The molecule has 0 unspecified atom stereocenters. The molecule has 4 heterocycles. The van der Waals surface area contributed by atoms with Crippen LogP contribution in [0.2, 0.25) is 0 Å². The molecule has 1 atom stereocenters. The Balaban J connectivity index is 1.32. The van der Waals surface area contributed by atoms with Crippen LogP contribution in [-0.4, -0.2) is 57.0 Å². The van der Waals surface area contributed by atoms with Gasteiger partial charge in [-0.3, -0.25) is 9.59 Å². The van der Waals surface area contributed by atoms with Crippen LogP contribution in [0.15, 0.2) is 37.2 Å². The van der Waals surface area contributed by atoms with E-state index >= 15 is 4.39 Å². The molecule has 2 aliphatic heterocycles. The number of carbonyl (C=O) groups is 2. The van der Waals surface area contributed by atoms with Crippen LogP contribution >= 0.6 is 0 Å². The molecule has 1 fully saturated rings. The summed E-state index contributed by atoms with van der Waals surface area (Å²) >= 11 is 0. The van der Waals surface area contributed by atoms with Gasteiger partial charge in [0.2, 0.25) is 5.91 Å². The number of nitrogens with zero attached hydrogens (tertiary/aromatic N) is 5. The third-order valence-electron chi connectivity index (χ3n) is 8.37. The molecule has 0 radical (unpaired) electrons. The van der Waals surface area contributed by atoms with Gasteiger partial charge >= 0.3 is 0 Å². The highest BCUT2D eigenvalue weighted by Gasteiger charge is 2.37. The molecule has 208 valence electrons. The highest BCUT2D eigenvalue weighted by atomic mass is 19.1. The first-order valence-electron chi connectivity index (χ1n) is 13.6. The Morgan fingerprint density at radius 3 is 2.75 bits per heavy atom. The second kappa shape index (κ2) is 9.46. The number of hydrogen-bond acceptors (Lipinski definition) is 6. The lowest BCUT2D eigenvalue weighted by atomic mass is 9.90. The van der Waals surface area contributed by atoms with Gasteiger partial charge < -0.3 is 24.8 Å². The number of halogens is 1. The number of aromatic nitrogens is 3. The van der Waals surface area contributed by atoms with Gasteiger partial charge in [0.05, 0.1) is 11.7 Å². The fourth-order valence-electron chi connectivity index (χ4n) is 6.25. The van der Waals surface area contributed by atoms with Gasteiger partial charge in [-0.15, -0.1) is 0 Å². The van der Waals surface area contributed by atoms with E-state index in [4.69, 9.17) is 10.5 Å². The Bertz CT molecular complexity index is 1560. The number of likely N-dealkylation sites (tertiary alicyclic amines) is 1. The topological polar surface area (TPSA) is 107 Å². The minimum atomic E-state index is -0.501. The van der Waals surface area contributed by atoms with Crippen LogP contribution in [0.3, 0.4) is 0 Å². The van der Waals surface area contributed by atoms with E-state index in [1.807, 2.05) is 13.0 Å². The molecule has 3 aromatic rings. The lowest BCUT2D eigenvalue weighted by Crippen LogP contribution is -2.53. The Labute approximate surface area is 232 Å². The molecule has 0 saturated carbocycles. The Kier molecular flexibility index (Phi) is 6.16. The first-order valence-corrected chi connectivity index (χ1v) is 13.6. The maximum Gasteiger partial charge on any atom is 0.274 e. The quantitative estimate of drug-likeness (QED) is 0.472. The number of fused-ring (bicyclic) bond motifs is 3. The number of anilines is 2. The maximum atomic E-state index is 15.2. The molecule has 40 heavy (non-hydrogen) atoms. The highest BCUT2D eigenvalue weighted by molar-refractivity contribution is 6.07. The van der Waals surface area contributed by atoms with Gasteiger partial charge in [0.15, 0.2) is 11.6 Å². The van der Waals surface area contributed by atoms with E-state index in [2.05, 4.69) is 35.0 Å². The number of nitrogen functional groups attached to an aromatic ring is 1. The molecule has 0 spiro atoms. The fourth-order valence-corrected chi connectivity index (χ4v) is 6.25. The van der Waals surface area contributed by atoms with Crippen molar-refractivity contribution in [3.05, 3.63) is 65.5 Å². The van der Waals surface area contributed by atoms with E-state index in [-0.39, 0.29) is 41.4 Å². The number of hydrogen-bond donors (Lipinski definition) is 1. The van der Waals surface area contributed by atoms with Gasteiger partial charge in [-0.25, -0.2) is 14.4 Å². The monoisotopic (exact) mass is 544 g/mol. The SMILES string of the molecule is C=CC(=O)N1CC[C@H]1COc1c(N)ncnc1-c1cc(F)cc(N2CCn3c(cc4c3CC(C)(C)C4)C2=O)c1C. The number of rotatable bonds is 6. The average molecular weight is 545 g/mol. The van der Waals surface area contributed by atoms with E-state index < -0.39 is 5.82 Å². The zero-order valence-corrected chi connectivity index (χ0v) is 23.0. The lowest BCUT2D eigenvalue weighted by Gasteiger charge is -2.40. The summed E-state index contributed by atoms with van der Waals surface area (Å²) in [6, 6.07) is 4.64. The standard InChI is InChI=1S/C30H33FN6O3/c1-5-25(38)35-7-6-20(35)15-40-27-26(33-16-34-28(27)32)21-11-19(31)12-22(17(21)2)37-9-8-36-23(29(37)39)10-18-13-30(3,4)14-24(18)36/h5,10-12,16,20H,1,6-9,13-15H2,2-4H3,(H2,32,33,34)/t20-/m0/s1. The molecule has 3 aliphatic rings. The first-order chi connectivity index (χ1) is 19.1. The summed E-state index contributed by atoms with van der Waals surface area (Å²) < 4.78 is 23.4. The summed E-state index contributed by atoms with van der Waals surface area (Å²) in [6.07, 6.45) is 5.25. The van der Waals surface area contributed by atoms with Gasteiger partial charge in [-0.1, -0.05) is 20.4 Å². The molecule has 1 saturated heterocycles. The van der Waals surface area contributed by atoms with Crippen molar-refractivity contribution in [1.82, 2.24) is 19.4 Å². The highest BCUT2D eigenvalue weighted by Crippen LogP contribution is 2.41. The molecular formula is C30H33FN6O3. The minimum Gasteiger partial charge on any atom is -0.485 e. The summed E-state index contributed by atoms with van der Waals surface area (Å²) in [4.78, 5) is 37.6. The molecule has 10 heteroatoms. The zero-order chi connectivity index (χ0) is 28.3. The molecule has 2 aromatic heterocycles. The van der Waals surface area contributed by atoms with Crippen molar-refractivity contribution < 1.29 is 18.7 Å². The Morgan fingerprint density at radius 1 is 1.23 bits per heavy atom. The van der Waals surface area contributed by atoms with Crippen molar-refractivity contribution in [2.24, 2.45) is 5.41 Å². The Hall–Kier alpha value is -4.21. The second-order valence-corrected chi connectivity index (χ2v) is 11.7. The number of ether oxygens (including phenoxy) is 1. The van der Waals surface area contributed by atoms with Gasteiger partial charge in [-0.05, 0) is 67.0 Å². The third kappa shape index (κ3) is 4.22. The van der Waals surface area contributed by atoms with Crippen LogP contribution in [-0.2, 0) is 24.2 Å². The van der Waals surface area contributed by atoms with Crippen LogP contribution in [0.1, 0.15) is 47.6 Å². The molecule has 9 nitrogen and oxygen atoms in total. The van der Waals surface area contributed by atoms with Crippen molar-refractivity contribution in [2.45, 2.75) is 52.6 Å². The average Bonchev–Trinajstić information content (AvgIpc) is 3.38. The summed E-state index contributed by atoms with van der Waals surface area (Å²) in [5, 5.41) is 0. The number of carbonyl (C=O) groups excluding carboxylic acids is 2. The molecule has 1 aromatic carbocycles. The van der Waals surface area contributed by atoms with E-state index in [1.54, 1.807) is 9.80 Å². The molecule has 0 bridgehead atoms. The molecule has 1 aliphatic carbocycles. The van der Waals surface area contributed by atoms with Gasteiger partial charge in [-0.2, -0.15) is 0 Å². The minimum absolute atomic E-state index is 0.112. The largest absolute Gasteiger partial charge is 0.485 e. The normalized spacial score (nSPS) is 19.2. The van der Waals surface area contributed by atoms with Crippen molar-refractivity contribution in [1.29, 1.82) is 0 Å². The van der Waals surface area contributed by atoms with Crippen LogP contribution in [0.5, 0.6) is 5.75 Å². The number of nitrogens with two attached hydrogens (primary N) is 1. The van der Waals surface area contributed by atoms with Crippen molar-refractivity contribution >= 4 is 23.3 Å². The van der Waals surface area contributed by atoms with E-state index in [1.165, 1.54) is 35.8 Å². The summed E-state index contributed by atoms with van der Waals surface area (Å²) in [5.74, 6) is -0.472.